The SMILES string of the molecule is CCCCC/C=C\C/C=C\CCCCCCCCCC(=O)OC(COC(=O)CCCCCCCCC/C=C\CCCCCCCC)COC1OC(CS(=O)(=O)O)C(O)C(O)C1O. The molecule has 1 heterocycles. The Morgan fingerprint density at radius 2 is 0.968 bits per heavy atom. The molecule has 0 bridgehead atoms. The van der Waals surface area contributed by atoms with Crippen molar-refractivity contribution < 1.29 is 56.8 Å². The molecule has 12 nitrogen and oxygen atoms in total. The van der Waals surface area contributed by atoms with Crippen LogP contribution in [0.25, 0.3) is 0 Å². The highest BCUT2D eigenvalue weighted by atomic mass is 32.2. The van der Waals surface area contributed by atoms with Crippen molar-refractivity contribution in [3.8, 4) is 0 Å². The summed E-state index contributed by atoms with van der Waals surface area (Å²) in [5, 5.41) is 30.9. The monoisotopic (exact) mass is 901 g/mol. The van der Waals surface area contributed by atoms with E-state index in [2.05, 4.69) is 50.3 Å². The molecule has 0 aliphatic carbocycles. The predicted octanol–water partition coefficient (Wildman–Crippen LogP) is 10.6. The third-order valence-corrected chi connectivity index (χ3v) is 11.9. The second-order valence-corrected chi connectivity index (χ2v) is 18.6. The number of carbonyl (C=O) groups is 2. The number of carbonyl (C=O) groups excluding carboxylic acids is 2. The average molecular weight is 901 g/mol. The van der Waals surface area contributed by atoms with Crippen molar-refractivity contribution in [2.24, 2.45) is 0 Å². The number of aliphatic hydroxyl groups excluding tert-OH is 3. The maximum absolute atomic E-state index is 12.8. The van der Waals surface area contributed by atoms with Crippen LogP contribution in [0.2, 0.25) is 0 Å². The van der Waals surface area contributed by atoms with Crippen LogP contribution in [0.1, 0.15) is 206 Å². The highest BCUT2D eigenvalue weighted by Crippen LogP contribution is 2.24. The number of rotatable bonds is 41. The molecule has 0 aromatic heterocycles. The first-order valence-corrected chi connectivity index (χ1v) is 26.2. The van der Waals surface area contributed by atoms with Crippen LogP contribution in [0.15, 0.2) is 36.5 Å². The van der Waals surface area contributed by atoms with Crippen LogP contribution in [0, 0.1) is 0 Å². The van der Waals surface area contributed by atoms with Gasteiger partial charge in [-0.3, -0.25) is 14.1 Å². The van der Waals surface area contributed by atoms with Crippen LogP contribution >= 0.6 is 0 Å². The van der Waals surface area contributed by atoms with Crippen LogP contribution in [0.4, 0.5) is 0 Å². The summed E-state index contributed by atoms with van der Waals surface area (Å²) in [4.78, 5) is 25.5. The van der Waals surface area contributed by atoms with Crippen molar-refractivity contribution in [3.63, 3.8) is 0 Å². The van der Waals surface area contributed by atoms with Crippen molar-refractivity contribution in [3.05, 3.63) is 36.5 Å². The number of hydrogen-bond acceptors (Lipinski definition) is 11. The number of aliphatic hydroxyl groups is 3. The van der Waals surface area contributed by atoms with Gasteiger partial charge >= 0.3 is 11.9 Å². The van der Waals surface area contributed by atoms with E-state index in [0.717, 1.165) is 64.2 Å². The lowest BCUT2D eigenvalue weighted by atomic mass is 10.00. The molecule has 0 aromatic carbocycles. The van der Waals surface area contributed by atoms with Crippen LogP contribution in [0.5, 0.6) is 0 Å². The van der Waals surface area contributed by atoms with Gasteiger partial charge in [-0.05, 0) is 70.6 Å². The molecule has 0 amide bonds. The fourth-order valence-electron chi connectivity index (χ4n) is 7.35. The molecule has 1 fully saturated rings. The fourth-order valence-corrected chi connectivity index (χ4v) is 8.04. The summed E-state index contributed by atoms with van der Waals surface area (Å²) in [7, 11) is -4.60. The van der Waals surface area contributed by atoms with Gasteiger partial charge in [0.1, 0.15) is 36.8 Å². The Labute approximate surface area is 376 Å². The lowest BCUT2D eigenvalue weighted by Crippen LogP contribution is -2.60. The number of allylic oxidation sites excluding steroid dienone is 6. The lowest BCUT2D eigenvalue weighted by molar-refractivity contribution is -0.297. The first kappa shape index (κ1) is 57.9. The van der Waals surface area contributed by atoms with Gasteiger partial charge in [-0.15, -0.1) is 0 Å². The summed E-state index contributed by atoms with van der Waals surface area (Å²) in [6, 6.07) is 0. The second-order valence-electron chi connectivity index (χ2n) is 17.1. The molecule has 0 aromatic rings. The minimum Gasteiger partial charge on any atom is -0.462 e. The molecule has 1 aliphatic heterocycles. The van der Waals surface area contributed by atoms with E-state index in [1.807, 2.05) is 0 Å². The maximum Gasteiger partial charge on any atom is 0.306 e. The Morgan fingerprint density at radius 1 is 0.548 bits per heavy atom. The molecule has 13 heteroatoms. The number of ether oxygens (including phenoxy) is 4. The van der Waals surface area contributed by atoms with E-state index in [0.29, 0.717) is 12.8 Å². The van der Waals surface area contributed by atoms with Crippen LogP contribution < -0.4 is 0 Å². The third-order valence-electron chi connectivity index (χ3n) is 11.2. The summed E-state index contributed by atoms with van der Waals surface area (Å²) < 4.78 is 54.2. The molecular formula is C49H88O12S. The molecule has 362 valence electrons. The highest BCUT2D eigenvalue weighted by Gasteiger charge is 2.46. The van der Waals surface area contributed by atoms with Gasteiger partial charge in [0.05, 0.1) is 6.61 Å². The largest absolute Gasteiger partial charge is 0.462 e. The van der Waals surface area contributed by atoms with E-state index in [9.17, 15) is 37.9 Å². The molecule has 0 spiro atoms. The molecular weight excluding hydrogens is 813 g/mol. The summed E-state index contributed by atoms with van der Waals surface area (Å²) in [5.74, 6) is -1.99. The zero-order chi connectivity index (χ0) is 45.5. The van der Waals surface area contributed by atoms with Crippen molar-refractivity contribution >= 4 is 22.1 Å². The van der Waals surface area contributed by atoms with Gasteiger partial charge in [0.15, 0.2) is 12.4 Å². The van der Waals surface area contributed by atoms with E-state index >= 15 is 0 Å². The highest BCUT2D eigenvalue weighted by molar-refractivity contribution is 7.85. The van der Waals surface area contributed by atoms with Crippen molar-refractivity contribution in [1.29, 1.82) is 0 Å². The van der Waals surface area contributed by atoms with Gasteiger partial charge in [0.2, 0.25) is 0 Å². The quantitative estimate of drug-likeness (QED) is 0.0197. The van der Waals surface area contributed by atoms with Gasteiger partial charge in [-0.1, -0.05) is 159 Å². The van der Waals surface area contributed by atoms with E-state index in [1.54, 1.807) is 0 Å². The predicted molar refractivity (Wildman–Crippen MR) is 247 cm³/mol. The van der Waals surface area contributed by atoms with E-state index in [4.69, 9.17) is 18.9 Å². The normalized spacial score (nSPS) is 20.1. The van der Waals surface area contributed by atoms with E-state index < -0.39 is 71.2 Å². The Morgan fingerprint density at radius 3 is 1.47 bits per heavy atom. The van der Waals surface area contributed by atoms with Crippen LogP contribution in [0.3, 0.4) is 0 Å². The Balaban J connectivity index is 2.41. The molecule has 4 N–H and O–H groups in total. The first-order valence-electron chi connectivity index (χ1n) is 24.5. The molecule has 1 rings (SSSR count). The minimum atomic E-state index is -4.60. The third kappa shape index (κ3) is 33.4. The van der Waals surface area contributed by atoms with Crippen molar-refractivity contribution in [2.75, 3.05) is 19.0 Å². The zero-order valence-corrected chi connectivity index (χ0v) is 39.5. The lowest BCUT2D eigenvalue weighted by Gasteiger charge is -2.40. The number of esters is 2. The zero-order valence-electron chi connectivity index (χ0n) is 38.7. The topological polar surface area (TPSA) is 186 Å². The fraction of sp³-hybridized carbons (Fsp3) is 0.837. The van der Waals surface area contributed by atoms with Crippen LogP contribution in [-0.2, 0) is 38.7 Å². The standard InChI is InChI=1S/C49H88O12S/c1-3-5-7-9-11-13-15-17-19-21-23-25-27-29-31-33-35-37-44(50)58-39-42(40-59-49-48(54)47(53)46(52)43(61-49)41-62(55,56)57)60-45(51)38-36-34-32-30-28-26-24-22-20-18-16-14-12-10-8-6-4-2/h12,14,17-20,42-43,46-49,52-54H,3-11,13,15-16,21-41H2,1-2H3,(H,55,56,57)/b14-12-,19-17-,20-18-. The molecule has 62 heavy (non-hydrogen) atoms. The minimum absolute atomic E-state index is 0.155. The first-order chi connectivity index (χ1) is 30.0. The Kier molecular flexibility index (Phi) is 36.6. The summed E-state index contributed by atoms with van der Waals surface area (Å²) >= 11 is 0. The Bertz CT molecular complexity index is 1290. The molecule has 6 atom stereocenters. The summed E-state index contributed by atoms with van der Waals surface area (Å²) in [5.41, 5.74) is 0. The van der Waals surface area contributed by atoms with Crippen molar-refractivity contribution in [1.82, 2.24) is 0 Å². The summed E-state index contributed by atoms with van der Waals surface area (Å²) in [6.07, 6.45) is 36.0. The molecule has 0 saturated carbocycles. The molecule has 6 unspecified atom stereocenters. The average Bonchev–Trinajstić information content (AvgIpc) is 3.24. The van der Waals surface area contributed by atoms with Crippen molar-refractivity contribution in [2.45, 2.75) is 243 Å². The van der Waals surface area contributed by atoms with Crippen LogP contribution in [-0.4, -0.2) is 96.0 Å². The number of unbranched alkanes of at least 4 members (excludes halogenated alkanes) is 23. The molecule has 0 radical (unpaired) electrons. The van der Waals surface area contributed by atoms with Gasteiger partial charge < -0.3 is 34.3 Å². The smallest absolute Gasteiger partial charge is 0.306 e. The second kappa shape index (κ2) is 39.3. The molecule has 1 aliphatic rings. The van der Waals surface area contributed by atoms with E-state index in [1.165, 1.54) is 103 Å². The summed E-state index contributed by atoms with van der Waals surface area (Å²) in [6.45, 7) is 3.74. The molecule has 1 saturated heterocycles. The van der Waals surface area contributed by atoms with Gasteiger partial charge in [-0.2, -0.15) is 8.42 Å². The maximum atomic E-state index is 12.8. The van der Waals surface area contributed by atoms with Gasteiger partial charge in [-0.25, -0.2) is 0 Å². The van der Waals surface area contributed by atoms with Gasteiger partial charge in [0, 0.05) is 12.8 Å². The Hall–Kier alpha value is -2.13. The van der Waals surface area contributed by atoms with Gasteiger partial charge in [0.25, 0.3) is 10.1 Å². The van der Waals surface area contributed by atoms with E-state index in [-0.39, 0.29) is 19.4 Å². The number of hydrogen-bond donors (Lipinski definition) is 4.